The van der Waals surface area contributed by atoms with Gasteiger partial charge in [-0.3, -0.25) is 4.98 Å². The van der Waals surface area contributed by atoms with Crippen molar-refractivity contribution in [3.05, 3.63) is 29.6 Å². The Hall–Kier alpha value is -0.930. The van der Waals surface area contributed by atoms with Crippen LogP contribution in [0.15, 0.2) is 18.3 Å². The number of aromatic nitrogens is 1. The molecule has 1 atom stereocenters. The second-order valence-corrected chi connectivity index (χ2v) is 4.28. The molecule has 82 valence electrons. The molecule has 0 bridgehead atoms. The summed E-state index contributed by atoms with van der Waals surface area (Å²) < 4.78 is 0. The summed E-state index contributed by atoms with van der Waals surface area (Å²) in [5.74, 6) is 0. The Kier molecular flexibility index (Phi) is 3.03. The number of rotatable bonds is 3. The summed E-state index contributed by atoms with van der Waals surface area (Å²) in [6.07, 6.45) is 5.41. The number of pyridine rings is 1. The zero-order valence-corrected chi connectivity index (χ0v) is 8.82. The van der Waals surface area contributed by atoms with Crippen molar-refractivity contribution in [3.63, 3.8) is 0 Å². The Balaban J connectivity index is 2.42. The van der Waals surface area contributed by atoms with Gasteiger partial charge in [0.25, 0.3) is 0 Å². The van der Waals surface area contributed by atoms with E-state index in [1.54, 1.807) is 6.20 Å². The van der Waals surface area contributed by atoms with Crippen molar-refractivity contribution >= 4 is 0 Å². The highest BCUT2D eigenvalue weighted by molar-refractivity contribution is 5.30. The molecular weight excluding hydrogens is 190 g/mol. The first-order valence-corrected chi connectivity index (χ1v) is 5.48. The summed E-state index contributed by atoms with van der Waals surface area (Å²) in [6.45, 7) is 0.189. The van der Waals surface area contributed by atoms with E-state index in [1.807, 2.05) is 6.07 Å². The van der Waals surface area contributed by atoms with E-state index in [9.17, 15) is 5.11 Å². The second kappa shape index (κ2) is 4.29. The maximum absolute atomic E-state index is 9.57. The van der Waals surface area contributed by atoms with Crippen LogP contribution in [0, 0.1) is 0 Å². The minimum absolute atomic E-state index is 0.0809. The number of hydrogen-bond donors (Lipinski definition) is 2. The predicted octanol–water partition coefficient (Wildman–Crippen LogP) is 1.03. The van der Waals surface area contributed by atoms with Crippen molar-refractivity contribution in [1.29, 1.82) is 0 Å². The molecule has 15 heavy (non-hydrogen) atoms. The molecule has 1 aliphatic carbocycles. The number of aliphatic hydroxyl groups excluding tert-OH is 2. The van der Waals surface area contributed by atoms with E-state index in [-0.39, 0.29) is 18.6 Å². The first kappa shape index (κ1) is 10.6. The highest BCUT2D eigenvalue weighted by atomic mass is 16.3. The third-order valence-electron chi connectivity index (χ3n) is 3.39. The normalized spacial score (nSPS) is 24.9. The second-order valence-electron chi connectivity index (χ2n) is 4.28. The average Bonchev–Trinajstić information content (AvgIpc) is 2.30. The van der Waals surface area contributed by atoms with Gasteiger partial charge in [0.1, 0.15) is 0 Å². The summed E-state index contributed by atoms with van der Waals surface area (Å²) in [4.78, 5) is 4.39. The van der Waals surface area contributed by atoms with E-state index in [4.69, 9.17) is 5.11 Å². The van der Waals surface area contributed by atoms with Gasteiger partial charge in [-0.25, -0.2) is 0 Å². The number of nitrogens with zero attached hydrogens (tertiary/aromatic N) is 1. The zero-order valence-electron chi connectivity index (χ0n) is 8.82. The van der Waals surface area contributed by atoms with Gasteiger partial charge in [-0.2, -0.15) is 0 Å². The number of fused-ring (bicyclic) bond motifs is 1. The van der Waals surface area contributed by atoms with Crippen molar-refractivity contribution in [2.45, 2.75) is 31.1 Å². The van der Waals surface area contributed by atoms with Crippen LogP contribution in [0.25, 0.3) is 0 Å². The van der Waals surface area contributed by atoms with Gasteiger partial charge in [0.15, 0.2) is 0 Å². The Morgan fingerprint density at radius 2 is 2.27 bits per heavy atom. The van der Waals surface area contributed by atoms with Crippen LogP contribution in [0.3, 0.4) is 0 Å². The Labute approximate surface area is 89.8 Å². The Morgan fingerprint density at radius 1 is 1.40 bits per heavy atom. The van der Waals surface area contributed by atoms with Crippen LogP contribution in [-0.4, -0.2) is 28.4 Å². The lowest BCUT2D eigenvalue weighted by molar-refractivity contribution is 0.133. The molecule has 2 rings (SSSR count). The van der Waals surface area contributed by atoms with E-state index in [1.165, 1.54) is 5.56 Å². The molecule has 1 aromatic rings. The van der Waals surface area contributed by atoms with Crippen LogP contribution in [0.4, 0.5) is 0 Å². The summed E-state index contributed by atoms with van der Waals surface area (Å²) in [5, 5.41) is 18.7. The van der Waals surface area contributed by atoms with Gasteiger partial charge in [-0.1, -0.05) is 6.07 Å². The van der Waals surface area contributed by atoms with Crippen molar-refractivity contribution in [1.82, 2.24) is 4.98 Å². The highest BCUT2D eigenvalue weighted by Gasteiger charge is 2.36. The van der Waals surface area contributed by atoms with Crippen molar-refractivity contribution in [2.75, 3.05) is 13.2 Å². The third-order valence-corrected chi connectivity index (χ3v) is 3.39. The molecule has 1 unspecified atom stereocenters. The van der Waals surface area contributed by atoms with Gasteiger partial charge in [0, 0.05) is 18.2 Å². The first-order valence-electron chi connectivity index (χ1n) is 5.48. The molecule has 2 N–H and O–H groups in total. The predicted molar refractivity (Wildman–Crippen MR) is 57.6 cm³/mol. The molecule has 0 radical (unpaired) electrons. The molecular formula is C12H17NO2. The van der Waals surface area contributed by atoms with Crippen LogP contribution in [-0.2, 0) is 11.8 Å². The monoisotopic (exact) mass is 207 g/mol. The van der Waals surface area contributed by atoms with Gasteiger partial charge in [-0.15, -0.1) is 0 Å². The van der Waals surface area contributed by atoms with Crippen LogP contribution >= 0.6 is 0 Å². The fourth-order valence-corrected chi connectivity index (χ4v) is 2.54. The fourth-order valence-electron chi connectivity index (χ4n) is 2.54. The molecule has 0 aromatic carbocycles. The molecule has 0 saturated carbocycles. The molecule has 1 aliphatic rings. The summed E-state index contributed by atoms with van der Waals surface area (Å²) in [5.41, 5.74) is 1.92. The smallest absolute Gasteiger partial charge is 0.0544 e. The topological polar surface area (TPSA) is 53.4 Å². The molecule has 3 nitrogen and oxygen atoms in total. The minimum Gasteiger partial charge on any atom is -0.396 e. The van der Waals surface area contributed by atoms with Gasteiger partial charge >= 0.3 is 0 Å². The first-order chi connectivity index (χ1) is 7.32. The quantitative estimate of drug-likeness (QED) is 0.778. The van der Waals surface area contributed by atoms with Gasteiger partial charge in [0.05, 0.1) is 12.3 Å². The number of aryl methyl sites for hydroxylation is 1. The maximum atomic E-state index is 9.57. The van der Waals surface area contributed by atoms with Crippen molar-refractivity contribution in [2.24, 2.45) is 0 Å². The molecule has 0 amide bonds. The molecule has 0 fully saturated rings. The summed E-state index contributed by atoms with van der Waals surface area (Å²) in [7, 11) is 0. The molecule has 0 saturated heterocycles. The Morgan fingerprint density at radius 3 is 3.00 bits per heavy atom. The lowest BCUT2D eigenvalue weighted by Crippen LogP contribution is -2.36. The van der Waals surface area contributed by atoms with E-state index in [0.29, 0.717) is 6.42 Å². The van der Waals surface area contributed by atoms with E-state index in [0.717, 1.165) is 25.0 Å². The van der Waals surface area contributed by atoms with E-state index >= 15 is 0 Å². The van der Waals surface area contributed by atoms with Crippen LogP contribution < -0.4 is 0 Å². The van der Waals surface area contributed by atoms with Crippen molar-refractivity contribution < 1.29 is 10.2 Å². The average molecular weight is 207 g/mol. The zero-order chi connectivity index (χ0) is 10.7. The summed E-state index contributed by atoms with van der Waals surface area (Å²) >= 11 is 0. The SMILES string of the molecule is OCCC1(CO)CCCc2cccnc21. The minimum atomic E-state index is -0.302. The highest BCUT2D eigenvalue weighted by Crippen LogP contribution is 2.38. The van der Waals surface area contributed by atoms with Crippen molar-refractivity contribution in [3.8, 4) is 0 Å². The molecule has 0 spiro atoms. The van der Waals surface area contributed by atoms with Gasteiger partial charge in [0.2, 0.25) is 0 Å². The van der Waals surface area contributed by atoms with Crippen LogP contribution in [0.2, 0.25) is 0 Å². The lowest BCUT2D eigenvalue weighted by atomic mass is 9.71. The Bertz CT molecular complexity index is 340. The van der Waals surface area contributed by atoms with Crippen LogP contribution in [0.1, 0.15) is 30.5 Å². The standard InChI is InChI=1S/C12H17NO2/c14-8-6-12(9-15)5-1-3-10-4-2-7-13-11(10)12/h2,4,7,14-15H,1,3,5-6,8-9H2. The van der Waals surface area contributed by atoms with Gasteiger partial charge in [-0.05, 0) is 37.3 Å². The molecule has 0 aliphatic heterocycles. The van der Waals surface area contributed by atoms with E-state index in [2.05, 4.69) is 11.1 Å². The number of aliphatic hydroxyl groups is 2. The third kappa shape index (κ3) is 1.77. The number of hydrogen-bond acceptors (Lipinski definition) is 3. The molecule has 3 heteroatoms. The largest absolute Gasteiger partial charge is 0.396 e. The summed E-state index contributed by atoms with van der Waals surface area (Å²) in [6, 6.07) is 4.01. The fraction of sp³-hybridized carbons (Fsp3) is 0.583. The maximum Gasteiger partial charge on any atom is 0.0544 e. The van der Waals surface area contributed by atoms with E-state index < -0.39 is 0 Å². The van der Waals surface area contributed by atoms with Crippen LogP contribution in [0.5, 0.6) is 0 Å². The van der Waals surface area contributed by atoms with Gasteiger partial charge < -0.3 is 10.2 Å². The molecule has 1 aromatic heterocycles. The lowest BCUT2D eigenvalue weighted by Gasteiger charge is -2.36. The molecule has 1 heterocycles.